The molecule has 0 bridgehead atoms. The Bertz CT molecular complexity index is 1050. The lowest BCUT2D eigenvalue weighted by molar-refractivity contribution is -0.111. The molecular weight excluding hydrogens is 332 g/mol. The van der Waals surface area contributed by atoms with Crippen LogP contribution in [0.25, 0.3) is 28.3 Å². The van der Waals surface area contributed by atoms with Crippen molar-refractivity contribution in [2.75, 3.05) is 14.2 Å². The third-order valence-electron chi connectivity index (χ3n) is 4.07. The second kappa shape index (κ2) is 6.66. The van der Waals surface area contributed by atoms with Crippen molar-refractivity contribution in [1.29, 1.82) is 0 Å². The molecule has 132 valence electrons. The summed E-state index contributed by atoms with van der Waals surface area (Å²) in [5.74, 6) is 0.571. The van der Waals surface area contributed by atoms with Gasteiger partial charge in [0.05, 0.1) is 17.1 Å². The number of imidazole rings is 1. The number of rotatable bonds is 5. The number of pyridine rings is 2. The zero-order valence-electron chi connectivity index (χ0n) is 14.7. The molecule has 0 aliphatic carbocycles. The lowest BCUT2D eigenvalue weighted by Gasteiger charge is -2.09. The van der Waals surface area contributed by atoms with E-state index in [0.717, 1.165) is 34.0 Å². The monoisotopic (exact) mass is 350 g/mol. The highest BCUT2D eigenvalue weighted by Gasteiger charge is 2.21. The van der Waals surface area contributed by atoms with Gasteiger partial charge in [-0.05, 0) is 31.2 Å². The van der Waals surface area contributed by atoms with E-state index in [1.165, 1.54) is 6.33 Å². The van der Waals surface area contributed by atoms with Gasteiger partial charge in [-0.1, -0.05) is 6.07 Å². The first kappa shape index (κ1) is 16.4. The Morgan fingerprint density at radius 2 is 1.92 bits per heavy atom. The molecule has 26 heavy (non-hydrogen) atoms. The zero-order chi connectivity index (χ0) is 18.1. The maximum absolute atomic E-state index is 5.34. The van der Waals surface area contributed by atoms with Crippen LogP contribution in [0.2, 0.25) is 0 Å². The van der Waals surface area contributed by atoms with Gasteiger partial charge in [-0.15, -0.1) is 0 Å². The molecule has 0 spiro atoms. The van der Waals surface area contributed by atoms with E-state index in [1.807, 2.05) is 43.5 Å². The molecule has 0 unspecified atom stereocenters. The number of hydrogen-bond acceptors (Lipinski definition) is 6. The third kappa shape index (κ3) is 2.85. The van der Waals surface area contributed by atoms with Crippen LogP contribution in [-0.2, 0) is 9.47 Å². The predicted molar refractivity (Wildman–Crippen MR) is 95.3 cm³/mol. The van der Waals surface area contributed by atoms with Gasteiger partial charge in [-0.25, -0.2) is 14.5 Å². The number of nitrogens with one attached hydrogen (secondary N) is 1. The Labute approximate surface area is 149 Å². The minimum Gasteiger partial charge on any atom is -0.349 e. The van der Waals surface area contributed by atoms with Crippen LogP contribution in [0.5, 0.6) is 0 Å². The Hall–Kier alpha value is -3.10. The van der Waals surface area contributed by atoms with E-state index >= 15 is 0 Å². The van der Waals surface area contributed by atoms with Crippen LogP contribution in [0.4, 0.5) is 0 Å². The molecule has 0 aromatic carbocycles. The van der Waals surface area contributed by atoms with Crippen molar-refractivity contribution in [2.45, 2.75) is 13.2 Å². The van der Waals surface area contributed by atoms with Crippen LogP contribution in [0.1, 0.15) is 17.8 Å². The van der Waals surface area contributed by atoms with Crippen LogP contribution >= 0.6 is 0 Å². The number of aromatic nitrogens is 6. The molecule has 0 atom stereocenters. The van der Waals surface area contributed by atoms with E-state index in [-0.39, 0.29) is 0 Å². The number of H-pyrrole nitrogens is 1. The Morgan fingerprint density at radius 3 is 2.69 bits per heavy atom. The SMILES string of the molecule is COC(OC)c1nc(-c2ccc3ncnn3c2)c(-c2cccc(C)n2)[nH]1. The molecule has 0 aliphatic rings. The lowest BCUT2D eigenvalue weighted by atomic mass is 10.1. The number of aromatic amines is 1. The van der Waals surface area contributed by atoms with E-state index in [0.29, 0.717) is 5.82 Å². The van der Waals surface area contributed by atoms with Crippen molar-refractivity contribution < 1.29 is 9.47 Å². The van der Waals surface area contributed by atoms with Crippen molar-refractivity contribution in [3.8, 4) is 22.6 Å². The highest BCUT2D eigenvalue weighted by atomic mass is 16.7. The molecule has 0 aliphatic heterocycles. The summed E-state index contributed by atoms with van der Waals surface area (Å²) in [7, 11) is 3.14. The minimum atomic E-state index is -0.595. The molecule has 0 radical (unpaired) electrons. The fourth-order valence-corrected chi connectivity index (χ4v) is 2.86. The second-order valence-electron chi connectivity index (χ2n) is 5.79. The summed E-state index contributed by atoms with van der Waals surface area (Å²) >= 11 is 0. The van der Waals surface area contributed by atoms with Gasteiger partial charge >= 0.3 is 0 Å². The summed E-state index contributed by atoms with van der Waals surface area (Å²) in [5, 5.41) is 4.20. The molecule has 0 amide bonds. The molecule has 8 nitrogen and oxygen atoms in total. The standard InChI is InChI=1S/C18H18N6O2/c1-11-5-4-6-13(21-11)16-15(22-17(23-16)18(25-2)26-3)12-7-8-14-19-10-20-24(14)9-12/h4-10,18H,1-3H3,(H,22,23). The van der Waals surface area contributed by atoms with Crippen molar-refractivity contribution in [2.24, 2.45) is 0 Å². The molecule has 4 rings (SSSR count). The molecule has 1 N–H and O–H groups in total. The first-order chi connectivity index (χ1) is 12.7. The smallest absolute Gasteiger partial charge is 0.216 e. The average molecular weight is 350 g/mol. The van der Waals surface area contributed by atoms with Crippen molar-refractivity contribution in [3.63, 3.8) is 0 Å². The lowest BCUT2D eigenvalue weighted by Crippen LogP contribution is -2.05. The number of aryl methyl sites for hydroxylation is 1. The summed E-state index contributed by atoms with van der Waals surface area (Å²) < 4.78 is 12.4. The molecule has 0 saturated carbocycles. The van der Waals surface area contributed by atoms with E-state index in [9.17, 15) is 0 Å². The largest absolute Gasteiger partial charge is 0.349 e. The maximum Gasteiger partial charge on any atom is 0.216 e. The van der Waals surface area contributed by atoms with E-state index in [4.69, 9.17) is 14.5 Å². The van der Waals surface area contributed by atoms with Gasteiger partial charge in [0.25, 0.3) is 0 Å². The van der Waals surface area contributed by atoms with Crippen LogP contribution in [-0.4, -0.2) is 43.8 Å². The number of nitrogens with zero attached hydrogens (tertiary/aromatic N) is 5. The van der Waals surface area contributed by atoms with Gasteiger partial charge in [0, 0.05) is 31.7 Å². The maximum atomic E-state index is 5.34. The molecule has 4 heterocycles. The van der Waals surface area contributed by atoms with Gasteiger partial charge in [0.1, 0.15) is 6.33 Å². The van der Waals surface area contributed by atoms with Crippen molar-refractivity contribution in [3.05, 3.63) is 54.4 Å². The molecule has 0 saturated heterocycles. The van der Waals surface area contributed by atoms with Gasteiger partial charge in [0.15, 0.2) is 11.5 Å². The summed E-state index contributed by atoms with van der Waals surface area (Å²) in [4.78, 5) is 16.8. The highest BCUT2D eigenvalue weighted by molar-refractivity contribution is 5.77. The molecule has 4 aromatic heterocycles. The fourth-order valence-electron chi connectivity index (χ4n) is 2.86. The third-order valence-corrected chi connectivity index (χ3v) is 4.07. The quantitative estimate of drug-likeness (QED) is 0.557. The second-order valence-corrected chi connectivity index (χ2v) is 5.79. The van der Waals surface area contributed by atoms with Crippen LogP contribution < -0.4 is 0 Å². The van der Waals surface area contributed by atoms with Crippen molar-refractivity contribution >= 4 is 5.65 Å². The summed E-state index contributed by atoms with van der Waals surface area (Å²) in [5.41, 5.74) is 4.91. The number of fused-ring (bicyclic) bond motifs is 1. The van der Waals surface area contributed by atoms with E-state index in [1.54, 1.807) is 18.7 Å². The van der Waals surface area contributed by atoms with E-state index < -0.39 is 6.29 Å². The average Bonchev–Trinajstić information content (AvgIpc) is 3.29. The Kier molecular flexibility index (Phi) is 4.19. The number of hydrogen-bond donors (Lipinski definition) is 1. The fraction of sp³-hybridized carbons (Fsp3) is 0.222. The first-order valence-electron chi connectivity index (χ1n) is 8.09. The van der Waals surface area contributed by atoms with Crippen LogP contribution in [0.3, 0.4) is 0 Å². The van der Waals surface area contributed by atoms with Gasteiger partial charge in [0.2, 0.25) is 6.29 Å². The van der Waals surface area contributed by atoms with Crippen LogP contribution in [0.15, 0.2) is 42.9 Å². The molecule has 8 heteroatoms. The normalized spacial score (nSPS) is 11.5. The van der Waals surface area contributed by atoms with Crippen molar-refractivity contribution in [1.82, 2.24) is 29.5 Å². The summed E-state index contributed by atoms with van der Waals surface area (Å²) in [6.45, 7) is 1.95. The topological polar surface area (TPSA) is 90.2 Å². The molecule has 4 aromatic rings. The number of ether oxygens (including phenoxy) is 2. The predicted octanol–water partition coefficient (Wildman–Crippen LogP) is 2.78. The minimum absolute atomic E-state index is 0.571. The first-order valence-corrected chi connectivity index (χ1v) is 8.09. The zero-order valence-corrected chi connectivity index (χ0v) is 14.7. The number of methoxy groups -OCH3 is 2. The van der Waals surface area contributed by atoms with Crippen LogP contribution in [0, 0.1) is 6.92 Å². The van der Waals surface area contributed by atoms with Gasteiger partial charge in [-0.2, -0.15) is 5.10 Å². The summed E-state index contributed by atoms with van der Waals surface area (Å²) in [6.07, 6.45) is 2.81. The van der Waals surface area contributed by atoms with E-state index in [2.05, 4.69) is 20.1 Å². The summed E-state index contributed by atoms with van der Waals surface area (Å²) in [6, 6.07) is 9.71. The highest BCUT2D eigenvalue weighted by Crippen LogP contribution is 2.31. The molecule has 0 fully saturated rings. The van der Waals surface area contributed by atoms with Gasteiger partial charge < -0.3 is 14.5 Å². The Balaban J connectivity index is 1.90. The molecular formula is C18H18N6O2. The Morgan fingerprint density at radius 1 is 1.08 bits per heavy atom. The van der Waals surface area contributed by atoms with Gasteiger partial charge in [-0.3, -0.25) is 4.98 Å².